The van der Waals surface area contributed by atoms with Gasteiger partial charge in [0.2, 0.25) is 0 Å². The van der Waals surface area contributed by atoms with Gasteiger partial charge in [0.1, 0.15) is 0 Å². The first-order valence-electron chi connectivity index (χ1n) is 5.79. The van der Waals surface area contributed by atoms with E-state index in [-0.39, 0.29) is 11.5 Å². The molecule has 1 aliphatic carbocycles. The third-order valence-corrected chi connectivity index (χ3v) is 3.37. The van der Waals surface area contributed by atoms with E-state index in [2.05, 4.69) is 11.8 Å². The van der Waals surface area contributed by atoms with Gasteiger partial charge in [-0.2, -0.15) is 0 Å². The average Bonchev–Trinajstić information content (AvgIpc) is 2.89. The first kappa shape index (κ1) is 11.4. The molecule has 2 rings (SSSR count). The van der Waals surface area contributed by atoms with Crippen molar-refractivity contribution in [1.29, 1.82) is 0 Å². The van der Waals surface area contributed by atoms with E-state index < -0.39 is 0 Å². The fourth-order valence-corrected chi connectivity index (χ4v) is 2.13. The van der Waals surface area contributed by atoms with Gasteiger partial charge < -0.3 is 10.6 Å². The smallest absolute Gasteiger partial charge is 0.150 e. The molecule has 2 unspecified atom stereocenters. The van der Waals surface area contributed by atoms with Crippen molar-refractivity contribution in [1.82, 2.24) is 4.90 Å². The number of benzene rings is 1. The minimum atomic E-state index is -0.266. The average molecular weight is 222 g/mol. The van der Waals surface area contributed by atoms with Crippen LogP contribution in [0.25, 0.3) is 0 Å². The zero-order valence-electron chi connectivity index (χ0n) is 9.91. The van der Waals surface area contributed by atoms with E-state index in [4.69, 9.17) is 5.73 Å². The minimum absolute atomic E-state index is 0.241. The molecule has 1 aromatic carbocycles. The van der Waals surface area contributed by atoms with Crippen molar-refractivity contribution in [2.45, 2.75) is 19.9 Å². The maximum atomic E-state index is 13.6. The number of nitrogens with zero attached hydrogens (tertiary/aromatic N) is 1. The molecule has 16 heavy (non-hydrogen) atoms. The molecule has 0 aromatic heterocycles. The Morgan fingerprint density at radius 1 is 1.50 bits per heavy atom. The van der Waals surface area contributed by atoms with Crippen molar-refractivity contribution < 1.29 is 4.39 Å². The molecule has 3 heteroatoms. The lowest BCUT2D eigenvalue weighted by Crippen LogP contribution is -2.21. The Balaban J connectivity index is 1.95. The quantitative estimate of drug-likeness (QED) is 0.793. The molecule has 2 nitrogen and oxygen atoms in total. The van der Waals surface area contributed by atoms with Crippen molar-refractivity contribution in [2.75, 3.05) is 19.3 Å². The molecule has 0 saturated heterocycles. The number of anilines is 1. The largest absolute Gasteiger partial charge is 0.396 e. The number of hydrogen-bond donors (Lipinski definition) is 1. The summed E-state index contributed by atoms with van der Waals surface area (Å²) in [5, 5.41) is 0. The van der Waals surface area contributed by atoms with E-state index in [1.807, 2.05) is 7.05 Å². The Kier molecular flexibility index (Phi) is 3.15. The van der Waals surface area contributed by atoms with Gasteiger partial charge in [-0.1, -0.05) is 19.1 Å². The van der Waals surface area contributed by atoms with Gasteiger partial charge in [-0.15, -0.1) is 0 Å². The molecule has 2 atom stereocenters. The molecule has 0 amide bonds. The normalized spacial score (nSPS) is 23.8. The van der Waals surface area contributed by atoms with Gasteiger partial charge in [0.05, 0.1) is 5.69 Å². The van der Waals surface area contributed by atoms with Gasteiger partial charge in [-0.3, -0.25) is 0 Å². The molecule has 88 valence electrons. The fourth-order valence-electron chi connectivity index (χ4n) is 2.13. The molecule has 1 aliphatic rings. The van der Waals surface area contributed by atoms with E-state index >= 15 is 0 Å². The van der Waals surface area contributed by atoms with Gasteiger partial charge >= 0.3 is 0 Å². The van der Waals surface area contributed by atoms with E-state index in [0.29, 0.717) is 12.1 Å². The van der Waals surface area contributed by atoms with Crippen molar-refractivity contribution >= 4 is 5.69 Å². The number of nitrogen functional groups attached to an aromatic ring is 1. The summed E-state index contributed by atoms with van der Waals surface area (Å²) in [6.07, 6.45) is 1.31. The van der Waals surface area contributed by atoms with Crippen molar-refractivity contribution in [2.24, 2.45) is 11.8 Å². The van der Waals surface area contributed by atoms with Gasteiger partial charge in [0, 0.05) is 18.7 Å². The first-order valence-corrected chi connectivity index (χ1v) is 5.79. The summed E-state index contributed by atoms with van der Waals surface area (Å²) in [5.41, 5.74) is 6.47. The number of halogens is 1. The van der Waals surface area contributed by atoms with Crippen LogP contribution in [-0.2, 0) is 6.54 Å². The summed E-state index contributed by atoms with van der Waals surface area (Å²) in [4.78, 5) is 2.17. The van der Waals surface area contributed by atoms with E-state index in [9.17, 15) is 4.39 Å². The van der Waals surface area contributed by atoms with Crippen LogP contribution in [0.15, 0.2) is 18.2 Å². The van der Waals surface area contributed by atoms with Crippen LogP contribution in [0.4, 0.5) is 10.1 Å². The third kappa shape index (κ3) is 2.53. The predicted molar refractivity (Wildman–Crippen MR) is 64.4 cm³/mol. The molecule has 0 radical (unpaired) electrons. The monoisotopic (exact) mass is 222 g/mol. The molecule has 1 saturated carbocycles. The first-order chi connectivity index (χ1) is 7.58. The summed E-state index contributed by atoms with van der Waals surface area (Å²) in [7, 11) is 2.04. The highest BCUT2D eigenvalue weighted by Crippen LogP contribution is 2.38. The second kappa shape index (κ2) is 4.42. The Labute approximate surface area is 96.2 Å². The molecule has 2 N–H and O–H groups in total. The summed E-state index contributed by atoms with van der Waals surface area (Å²) in [6.45, 7) is 3.95. The summed E-state index contributed by atoms with van der Waals surface area (Å²) < 4.78 is 13.6. The zero-order valence-corrected chi connectivity index (χ0v) is 9.91. The lowest BCUT2D eigenvalue weighted by molar-refractivity contribution is 0.303. The highest BCUT2D eigenvalue weighted by atomic mass is 19.1. The Bertz CT molecular complexity index is 378. The second-order valence-corrected chi connectivity index (χ2v) is 4.99. The SMILES string of the molecule is CC1CC1CN(C)Cc1cccc(N)c1F. The van der Waals surface area contributed by atoms with Crippen LogP contribution in [0.3, 0.4) is 0 Å². The molecule has 1 fully saturated rings. The topological polar surface area (TPSA) is 29.3 Å². The van der Waals surface area contributed by atoms with E-state index in [1.54, 1.807) is 18.2 Å². The summed E-state index contributed by atoms with van der Waals surface area (Å²) >= 11 is 0. The molecule has 1 aromatic rings. The van der Waals surface area contributed by atoms with Gasteiger partial charge in [-0.25, -0.2) is 4.39 Å². The maximum absolute atomic E-state index is 13.6. The summed E-state index contributed by atoms with van der Waals surface area (Å²) in [6, 6.07) is 5.21. The Hall–Kier alpha value is -1.09. The van der Waals surface area contributed by atoms with Crippen molar-refractivity contribution in [3.63, 3.8) is 0 Å². The number of rotatable bonds is 4. The predicted octanol–water partition coefficient (Wildman–Crippen LogP) is 2.50. The third-order valence-electron chi connectivity index (χ3n) is 3.37. The molecular weight excluding hydrogens is 203 g/mol. The zero-order chi connectivity index (χ0) is 11.7. The van der Waals surface area contributed by atoms with Crippen LogP contribution in [-0.4, -0.2) is 18.5 Å². The molecule has 0 aliphatic heterocycles. The Morgan fingerprint density at radius 3 is 2.81 bits per heavy atom. The van der Waals surface area contributed by atoms with Crippen molar-refractivity contribution in [3.8, 4) is 0 Å². The molecular formula is C13H19FN2. The second-order valence-electron chi connectivity index (χ2n) is 4.99. The lowest BCUT2D eigenvalue weighted by atomic mass is 10.1. The maximum Gasteiger partial charge on any atom is 0.150 e. The van der Waals surface area contributed by atoms with Crippen LogP contribution < -0.4 is 5.73 Å². The van der Waals surface area contributed by atoms with Crippen LogP contribution >= 0.6 is 0 Å². The number of hydrogen-bond acceptors (Lipinski definition) is 2. The molecule has 0 heterocycles. The highest BCUT2D eigenvalue weighted by molar-refractivity contribution is 5.42. The van der Waals surface area contributed by atoms with E-state index in [1.165, 1.54) is 6.42 Å². The molecule has 0 spiro atoms. The lowest BCUT2D eigenvalue weighted by Gasteiger charge is -2.17. The molecule has 0 bridgehead atoms. The summed E-state index contributed by atoms with van der Waals surface area (Å²) in [5.74, 6) is 1.38. The van der Waals surface area contributed by atoms with E-state index in [0.717, 1.165) is 18.4 Å². The Morgan fingerprint density at radius 2 is 2.19 bits per heavy atom. The fraction of sp³-hybridized carbons (Fsp3) is 0.538. The standard InChI is InChI=1S/C13H19FN2/c1-9-6-11(9)8-16(2)7-10-4-3-5-12(15)13(10)14/h3-5,9,11H,6-8,15H2,1-2H3. The highest BCUT2D eigenvalue weighted by Gasteiger charge is 2.33. The van der Waals surface area contributed by atoms with Crippen LogP contribution in [0, 0.1) is 17.7 Å². The van der Waals surface area contributed by atoms with Crippen LogP contribution in [0.2, 0.25) is 0 Å². The van der Waals surface area contributed by atoms with Crippen LogP contribution in [0.1, 0.15) is 18.9 Å². The van der Waals surface area contributed by atoms with Gasteiger partial charge in [0.15, 0.2) is 5.82 Å². The minimum Gasteiger partial charge on any atom is -0.396 e. The number of nitrogens with two attached hydrogens (primary N) is 1. The van der Waals surface area contributed by atoms with Crippen molar-refractivity contribution in [3.05, 3.63) is 29.6 Å². The van der Waals surface area contributed by atoms with Gasteiger partial charge in [-0.05, 0) is 31.4 Å². The van der Waals surface area contributed by atoms with Crippen LogP contribution in [0.5, 0.6) is 0 Å². The van der Waals surface area contributed by atoms with Gasteiger partial charge in [0.25, 0.3) is 0 Å².